The number of amides is 1. The van der Waals surface area contributed by atoms with Gasteiger partial charge in [-0.15, -0.1) is 11.8 Å². The number of aryl methyl sites for hydroxylation is 2. The van der Waals surface area contributed by atoms with Gasteiger partial charge in [0.05, 0.1) is 5.75 Å². The molecule has 0 unspecified atom stereocenters. The fraction of sp³-hybridized carbons (Fsp3) is 0.235. The predicted octanol–water partition coefficient (Wildman–Crippen LogP) is 3.85. The van der Waals surface area contributed by atoms with Crippen LogP contribution in [0.5, 0.6) is 0 Å². The molecule has 2 aromatic carbocycles. The van der Waals surface area contributed by atoms with Gasteiger partial charge in [0.1, 0.15) is 5.82 Å². The van der Waals surface area contributed by atoms with E-state index in [1.165, 1.54) is 17.8 Å². The van der Waals surface area contributed by atoms with E-state index in [-0.39, 0.29) is 11.7 Å². The third kappa shape index (κ3) is 4.60. The Kier molecular flexibility index (Phi) is 5.39. The molecule has 110 valence electrons. The average Bonchev–Trinajstić information content (AvgIpc) is 2.47. The summed E-state index contributed by atoms with van der Waals surface area (Å²) >= 11 is 1.51. The molecule has 21 heavy (non-hydrogen) atoms. The molecule has 2 nitrogen and oxygen atoms in total. The van der Waals surface area contributed by atoms with Gasteiger partial charge in [-0.1, -0.05) is 30.3 Å². The second-order valence-corrected chi connectivity index (χ2v) is 5.93. The number of rotatable bonds is 5. The minimum absolute atomic E-state index is 0.0516. The Balaban J connectivity index is 1.82. The van der Waals surface area contributed by atoms with Crippen LogP contribution in [0.25, 0.3) is 0 Å². The lowest BCUT2D eigenvalue weighted by atomic mass is 10.1. The Morgan fingerprint density at radius 3 is 2.62 bits per heavy atom. The maximum atomic E-state index is 13.4. The molecule has 0 heterocycles. The first-order chi connectivity index (χ1) is 10.1. The molecule has 0 saturated heterocycles. The first-order valence-corrected chi connectivity index (χ1v) is 7.75. The molecule has 0 spiro atoms. The molecule has 0 aliphatic heterocycles. The Morgan fingerprint density at radius 2 is 1.90 bits per heavy atom. The average molecular weight is 303 g/mol. The van der Waals surface area contributed by atoms with Gasteiger partial charge < -0.3 is 5.32 Å². The van der Waals surface area contributed by atoms with Crippen molar-refractivity contribution in [2.45, 2.75) is 25.3 Å². The van der Waals surface area contributed by atoms with Gasteiger partial charge >= 0.3 is 0 Å². The van der Waals surface area contributed by atoms with E-state index in [4.69, 9.17) is 0 Å². The Bertz CT molecular complexity index is 642. The van der Waals surface area contributed by atoms with Gasteiger partial charge in [0.15, 0.2) is 0 Å². The summed E-state index contributed by atoms with van der Waals surface area (Å²) in [5, 5.41) is 2.81. The molecule has 0 saturated carbocycles. The van der Waals surface area contributed by atoms with E-state index in [0.29, 0.717) is 17.9 Å². The normalized spacial score (nSPS) is 10.4. The van der Waals surface area contributed by atoms with Gasteiger partial charge in [-0.25, -0.2) is 4.39 Å². The van der Waals surface area contributed by atoms with Gasteiger partial charge in [0.25, 0.3) is 0 Å². The molecule has 1 amide bonds. The first-order valence-electron chi connectivity index (χ1n) is 6.76. The lowest BCUT2D eigenvalue weighted by Crippen LogP contribution is -2.24. The summed E-state index contributed by atoms with van der Waals surface area (Å²) < 4.78 is 13.4. The molecule has 4 heteroatoms. The first kappa shape index (κ1) is 15.6. The molecule has 0 aromatic heterocycles. The zero-order valence-electron chi connectivity index (χ0n) is 12.2. The van der Waals surface area contributed by atoms with Crippen molar-refractivity contribution >= 4 is 17.7 Å². The number of thioether (sulfide) groups is 1. The van der Waals surface area contributed by atoms with Crippen LogP contribution < -0.4 is 5.32 Å². The maximum absolute atomic E-state index is 13.4. The Labute approximate surface area is 128 Å². The van der Waals surface area contributed by atoms with Crippen LogP contribution in [0.3, 0.4) is 0 Å². The molecule has 0 bridgehead atoms. The van der Waals surface area contributed by atoms with Crippen molar-refractivity contribution < 1.29 is 9.18 Å². The molecule has 0 fully saturated rings. The van der Waals surface area contributed by atoms with Crippen LogP contribution in [0.2, 0.25) is 0 Å². The third-order valence-electron chi connectivity index (χ3n) is 3.18. The van der Waals surface area contributed by atoms with Crippen molar-refractivity contribution in [1.29, 1.82) is 0 Å². The summed E-state index contributed by atoms with van der Waals surface area (Å²) in [5.74, 6) is 0.0689. The highest BCUT2D eigenvalue weighted by molar-refractivity contribution is 8.00. The van der Waals surface area contributed by atoms with Gasteiger partial charge in [-0.05, 0) is 42.7 Å². The highest BCUT2D eigenvalue weighted by Gasteiger charge is 2.05. The van der Waals surface area contributed by atoms with Gasteiger partial charge in [0, 0.05) is 11.4 Å². The van der Waals surface area contributed by atoms with E-state index < -0.39 is 0 Å². The molecule has 0 aliphatic rings. The summed E-state index contributed by atoms with van der Waals surface area (Å²) in [6.07, 6.45) is 0. The summed E-state index contributed by atoms with van der Waals surface area (Å²) in [7, 11) is 0. The number of carbonyl (C=O) groups excluding carboxylic acids is 1. The summed E-state index contributed by atoms with van der Waals surface area (Å²) in [4.78, 5) is 12.9. The minimum atomic E-state index is -0.240. The summed E-state index contributed by atoms with van der Waals surface area (Å²) in [6.45, 7) is 4.09. The van der Waals surface area contributed by atoms with E-state index >= 15 is 0 Å². The van der Waals surface area contributed by atoms with E-state index in [0.717, 1.165) is 16.0 Å². The van der Waals surface area contributed by atoms with Gasteiger partial charge in [-0.3, -0.25) is 4.79 Å². The van der Waals surface area contributed by atoms with Crippen LogP contribution in [0.4, 0.5) is 4.39 Å². The van der Waals surface area contributed by atoms with Crippen LogP contribution in [-0.2, 0) is 11.3 Å². The Hall–Kier alpha value is -1.81. The third-order valence-corrected chi connectivity index (χ3v) is 4.35. The highest BCUT2D eigenvalue weighted by Crippen LogP contribution is 2.21. The Morgan fingerprint density at radius 1 is 1.14 bits per heavy atom. The molecule has 2 aromatic rings. The SMILES string of the molecule is Cc1ccc(CNC(=O)CSc2ccccc2C)cc1F. The second kappa shape index (κ2) is 7.27. The fourth-order valence-corrected chi connectivity index (χ4v) is 2.72. The smallest absolute Gasteiger partial charge is 0.230 e. The van der Waals surface area contributed by atoms with E-state index in [2.05, 4.69) is 5.32 Å². The second-order valence-electron chi connectivity index (χ2n) is 4.91. The van der Waals surface area contributed by atoms with Crippen molar-refractivity contribution in [3.63, 3.8) is 0 Å². The number of benzene rings is 2. The molecular formula is C17H18FNOS. The van der Waals surface area contributed by atoms with Crippen molar-refractivity contribution in [1.82, 2.24) is 5.32 Å². The van der Waals surface area contributed by atoms with Crippen LogP contribution >= 0.6 is 11.8 Å². The predicted molar refractivity (Wildman–Crippen MR) is 84.9 cm³/mol. The van der Waals surface area contributed by atoms with Crippen molar-refractivity contribution in [3.8, 4) is 0 Å². The lowest BCUT2D eigenvalue weighted by Gasteiger charge is -2.07. The van der Waals surface area contributed by atoms with E-state index in [1.54, 1.807) is 13.0 Å². The topological polar surface area (TPSA) is 29.1 Å². The highest BCUT2D eigenvalue weighted by atomic mass is 32.2. The summed E-state index contributed by atoms with van der Waals surface area (Å²) in [5.41, 5.74) is 2.54. The van der Waals surface area contributed by atoms with Crippen LogP contribution in [0.15, 0.2) is 47.4 Å². The molecule has 0 atom stereocenters. The lowest BCUT2D eigenvalue weighted by molar-refractivity contribution is -0.118. The number of carbonyl (C=O) groups is 1. The maximum Gasteiger partial charge on any atom is 0.230 e. The van der Waals surface area contributed by atoms with Crippen molar-refractivity contribution in [2.75, 3.05) is 5.75 Å². The van der Waals surface area contributed by atoms with Crippen LogP contribution in [-0.4, -0.2) is 11.7 Å². The van der Waals surface area contributed by atoms with Crippen molar-refractivity contribution in [2.24, 2.45) is 0 Å². The number of hydrogen-bond acceptors (Lipinski definition) is 2. The fourth-order valence-electron chi connectivity index (χ4n) is 1.86. The van der Waals surface area contributed by atoms with E-state index in [1.807, 2.05) is 37.3 Å². The van der Waals surface area contributed by atoms with Crippen LogP contribution in [0, 0.1) is 19.7 Å². The quantitative estimate of drug-likeness (QED) is 0.850. The molecule has 1 N–H and O–H groups in total. The standard InChI is InChI=1S/C17H18FNOS/c1-12-7-8-14(9-15(12)18)10-19-17(20)11-21-16-6-4-3-5-13(16)2/h3-9H,10-11H2,1-2H3,(H,19,20). The minimum Gasteiger partial charge on any atom is -0.351 e. The zero-order chi connectivity index (χ0) is 15.2. The molecule has 2 rings (SSSR count). The number of nitrogens with one attached hydrogen (secondary N) is 1. The van der Waals surface area contributed by atoms with Crippen molar-refractivity contribution in [3.05, 3.63) is 65.0 Å². The van der Waals surface area contributed by atoms with E-state index in [9.17, 15) is 9.18 Å². The molecular weight excluding hydrogens is 285 g/mol. The zero-order valence-corrected chi connectivity index (χ0v) is 13.0. The monoisotopic (exact) mass is 303 g/mol. The largest absolute Gasteiger partial charge is 0.351 e. The number of halogens is 1. The molecule has 0 radical (unpaired) electrons. The van der Waals surface area contributed by atoms with Gasteiger partial charge in [0.2, 0.25) is 5.91 Å². The van der Waals surface area contributed by atoms with Crippen LogP contribution in [0.1, 0.15) is 16.7 Å². The summed E-state index contributed by atoms with van der Waals surface area (Å²) in [6, 6.07) is 13.0. The number of hydrogen-bond donors (Lipinski definition) is 1. The molecule has 0 aliphatic carbocycles. The van der Waals surface area contributed by atoms with Gasteiger partial charge in [-0.2, -0.15) is 0 Å².